The molecule has 0 heterocycles. The molecular formula is C26H25ClFNO6. The van der Waals surface area contributed by atoms with Gasteiger partial charge in [0.2, 0.25) is 0 Å². The highest BCUT2D eigenvalue weighted by molar-refractivity contribution is 6.31. The maximum Gasteiger partial charge on any atom is 0.339 e. The van der Waals surface area contributed by atoms with Gasteiger partial charge in [-0.25, -0.2) is 9.18 Å². The lowest BCUT2D eigenvalue weighted by molar-refractivity contribution is -0.134. The van der Waals surface area contributed by atoms with Gasteiger partial charge >= 0.3 is 5.97 Å². The SMILES string of the molecule is COc1ccc(CN(CCc2ccc(F)cc2)C(=O)COc2ccc(Cl)cc2C(=O)O)cc1OC. The average molecular weight is 502 g/mol. The van der Waals surface area contributed by atoms with Crippen LogP contribution in [0.15, 0.2) is 60.7 Å². The van der Waals surface area contributed by atoms with E-state index >= 15 is 0 Å². The van der Waals surface area contributed by atoms with Gasteiger partial charge in [0.05, 0.1) is 14.2 Å². The van der Waals surface area contributed by atoms with E-state index in [1.165, 1.54) is 44.6 Å². The van der Waals surface area contributed by atoms with Gasteiger partial charge in [-0.05, 0) is 60.0 Å². The van der Waals surface area contributed by atoms with E-state index in [0.717, 1.165) is 11.1 Å². The topological polar surface area (TPSA) is 85.3 Å². The number of ether oxygens (including phenoxy) is 3. The van der Waals surface area contributed by atoms with Gasteiger partial charge in [0.25, 0.3) is 5.91 Å². The molecule has 0 aliphatic carbocycles. The van der Waals surface area contributed by atoms with Crippen LogP contribution in [0.1, 0.15) is 21.5 Å². The summed E-state index contributed by atoms with van der Waals surface area (Å²) >= 11 is 5.88. The van der Waals surface area contributed by atoms with Gasteiger partial charge in [-0.2, -0.15) is 0 Å². The minimum Gasteiger partial charge on any atom is -0.493 e. The Hall–Kier alpha value is -3.78. The Morgan fingerprint density at radius 2 is 1.57 bits per heavy atom. The Balaban J connectivity index is 1.78. The number of rotatable bonds is 11. The number of carbonyl (C=O) groups is 2. The lowest BCUT2D eigenvalue weighted by Gasteiger charge is -2.24. The molecule has 0 aliphatic rings. The van der Waals surface area contributed by atoms with Crippen molar-refractivity contribution in [2.24, 2.45) is 0 Å². The summed E-state index contributed by atoms with van der Waals surface area (Å²) in [5.41, 5.74) is 1.53. The molecule has 9 heteroatoms. The third-order valence-electron chi connectivity index (χ3n) is 5.28. The van der Waals surface area contributed by atoms with Crippen LogP contribution in [0.3, 0.4) is 0 Å². The summed E-state index contributed by atoms with van der Waals surface area (Å²) in [6.07, 6.45) is 0.487. The number of hydrogen-bond acceptors (Lipinski definition) is 5. The number of nitrogens with zero attached hydrogens (tertiary/aromatic N) is 1. The van der Waals surface area contributed by atoms with E-state index in [2.05, 4.69) is 0 Å². The summed E-state index contributed by atoms with van der Waals surface area (Å²) in [6, 6.07) is 15.6. The van der Waals surface area contributed by atoms with Crippen LogP contribution in [-0.4, -0.2) is 49.3 Å². The zero-order chi connectivity index (χ0) is 25.4. The number of benzene rings is 3. The Bertz CT molecular complexity index is 1180. The number of carbonyl (C=O) groups excluding carboxylic acids is 1. The van der Waals surface area contributed by atoms with E-state index in [4.69, 9.17) is 25.8 Å². The molecule has 0 atom stereocenters. The Morgan fingerprint density at radius 1 is 0.914 bits per heavy atom. The van der Waals surface area contributed by atoms with E-state index in [0.29, 0.717) is 24.5 Å². The minimum atomic E-state index is -1.21. The lowest BCUT2D eigenvalue weighted by Crippen LogP contribution is -2.36. The second kappa shape index (κ2) is 12.1. The summed E-state index contributed by atoms with van der Waals surface area (Å²) in [6.45, 7) is 0.198. The Kier molecular flexibility index (Phi) is 8.92. The molecule has 0 saturated carbocycles. The Morgan fingerprint density at radius 3 is 2.23 bits per heavy atom. The smallest absolute Gasteiger partial charge is 0.339 e. The van der Waals surface area contributed by atoms with Crippen LogP contribution in [0, 0.1) is 5.82 Å². The highest BCUT2D eigenvalue weighted by Gasteiger charge is 2.19. The quantitative estimate of drug-likeness (QED) is 0.404. The van der Waals surface area contributed by atoms with Gasteiger partial charge in [0, 0.05) is 18.1 Å². The van der Waals surface area contributed by atoms with Crippen molar-refractivity contribution in [3.63, 3.8) is 0 Å². The first-order valence-electron chi connectivity index (χ1n) is 10.7. The number of aromatic carboxylic acids is 1. The maximum atomic E-state index is 13.3. The molecule has 0 aliphatic heterocycles. The second-order valence-electron chi connectivity index (χ2n) is 7.62. The molecule has 0 aromatic heterocycles. The molecule has 0 fully saturated rings. The van der Waals surface area contributed by atoms with Crippen LogP contribution in [-0.2, 0) is 17.8 Å². The van der Waals surface area contributed by atoms with Crippen molar-refractivity contribution in [2.45, 2.75) is 13.0 Å². The first-order valence-corrected chi connectivity index (χ1v) is 11.1. The molecule has 3 aromatic carbocycles. The summed E-state index contributed by atoms with van der Waals surface area (Å²) in [5.74, 6) is -0.772. The summed E-state index contributed by atoms with van der Waals surface area (Å²) in [7, 11) is 3.06. The second-order valence-corrected chi connectivity index (χ2v) is 8.05. The predicted octanol–water partition coefficient (Wildman–Crippen LogP) is 4.84. The molecule has 0 saturated heterocycles. The molecule has 1 amide bonds. The summed E-state index contributed by atoms with van der Waals surface area (Å²) < 4.78 is 29.4. The average Bonchev–Trinajstić information content (AvgIpc) is 2.86. The molecular weight excluding hydrogens is 477 g/mol. The van der Waals surface area contributed by atoms with Crippen LogP contribution in [0.5, 0.6) is 17.2 Å². The molecule has 0 unspecified atom stereocenters. The largest absolute Gasteiger partial charge is 0.493 e. The lowest BCUT2D eigenvalue weighted by atomic mass is 10.1. The fourth-order valence-electron chi connectivity index (χ4n) is 3.43. The molecule has 0 bridgehead atoms. The van der Waals surface area contributed by atoms with Crippen molar-refractivity contribution in [1.29, 1.82) is 0 Å². The van der Waals surface area contributed by atoms with Crippen LogP contribution >= 0.6 is 11.6 Å². The first-order chi connectivity index (χ1) is 16.8. The van der Waals surface area contributed by atoms with Gasteiger partial charge < -0.3 is 24.2 Å². The van der Waals surface area contributed by atoms with Gasteiger partial charge in [0.1, 0.15) is 17.1 Å². The van der Waals surface area contributed by atoms with Gasteiger partial charge in [-0.3, -0.25) is 4.79 Å². The standard InChI is InChI=1S/C26H25ClFNO6/c1-33-23-9-5-18(13-24(23)34-2)15-29(12-11-17-3-7-20(28)8-4-17)25(30)16-35-22-10-6-19(27)14-21(22)26(31)32/h3-10,13-14H,11-12,15-16H2,1-2H3,(H,31,32). The summed E-state index contributed by atoms with van der Waals surface area (Å²) in [5, 5.41) is 9.64. The molecule has 0 radical (unpaired) electrons. The van der Waals surface area contributed by atoms with Crippen LogP contribution in [0.25, 0.3) is 0 Å². The molecule has 3 aromatic rings. The van der Waals surface area contributed by atoms with E-state index < -0.39 is 5.97 Å². The fourth-order valence-corrected chi connectivity index (χ4v) is 3.60. The normalized spacial score (nSPS) is 10.5. The minimum absolute atomic E-state index is 0.0415. The van der Waals surface area contributed by atoms with Crippen molar-refractivity contribution in [3.05, 3.63) is 88.2 Å². The van der Waals surface area contributed by atoms with Crippen molar-refractivity contribution in [1.82, 2.24) is 4.90 Å². The van der Waals surface area contributed by atoms with Crippen molar-refractivity contribution in [2.75, 3.05) is 27.4 Å². The molecule has 0 spiro atoms. The molecule has 184 valence electrons. The predicted molar refractivity (Wildman–Crippen MR) is 129 cm³/mol. The maximum absolute atomic E-state index is 13.3. The number of halogens is 2. The van der Waals surface area contributed by atoms with Crippen LogP contribution in [0.4, 0.5) is 4.39 Å². The number of carboxylic acid groups (broad SMARTS) is 1. The number of carboxylic acids is 1. The van der Waals surface area contributed by atoms with Gasteiger partial charge in [0.15, 0.2) is 18.1 Å². The Labute approximate surface area is 207 Å². The van der Waals surface area contributed by atoms with Crippen LogP contribution in [0.2, 0.25) is 5.02 Å². The first kappa shape index (κ1) is 25.8. The highest BCUT2D eigenvalue weighted by atomic mass is 35.5. The number of hydrogen-bond donors (Lipinski definition) is 1. The molecule has 3 rings (SSSR count). The zero-order valence-corrected chi connectivity index (χ0v) is 20.0. The van der Waals surface area contributed by atoms with Crippen molar-refractivity contribution >= 4 is 23.5 Å². The third-order valence-corrected chi connectivity index (χ3v) is 5.52. The third kappa shape index (κ3) is 7.10. The van der Waals surface area contributed by atoms with Crippen molar-refractivity contribution < 1.29 is 33.3 Å². The van der Waals surface area contributed by atoms with E-state index in [-0.39, 0.29) is 41.2 Å². The molecule has 1 N–H and O–H groups in total. The van der Waals surface area contributed by atoms with E-state index in [1.807, 2.05) is 6.07 Å². The molecule has 35 heavy (non-hydrogen) atoms. The fraction of sp³-hybridized carbons (Fsp3) is 0.231. The van der Waals surface area contributed by atoms with Crippen LogP contribution < -0.4 is 14.2 Å². The molecule has 7 nitrogen and oxygen atoms in total. The van der Waals surface area contributed by atoms with Gasteiger partial charge in [-0.1, -0.05) is 29.8 Å². The monoisotopic (exact) mass is 501 g/mol. The zero-order valence-electron chi connectivity index (χ0n) is 19.3. The summed E-state index contributed by atoms with van der Waals surface area (Å²) in [4.78, 5) is 26.2. The van der Waals surface area contributed by atoms with Gasteiger partial charge in [-0.15, -0.1) is 0 Å². The number of amides is 1. The van der Waals surface area contributed by atoms with Crippen molar-refractivity contribution in [3.8, 4) is 17.2 Å². The number of methoxy groups -OCH3 is 2. The van der Waals surface area contributed by atoms with E-state index in [9.17, 15) is 19.1 Å². The highest BCUT2D eigenvalue weighted by Crippen LogP contribution is 2.28. The van der Waals surface area contributed by atoms with E-state index in [1.54, 1.807) is 29.2 Å².